The Bertz CT molecular complexity index is 580. The van der Waals surface area contributed by atoms with Crippen LogP contribution < -0.4 is 43.8 Å². The normalized spacial score (nSPS) is 10.7. The second-order valence-electron chi connectivity index (χ2n) is 6.51. The summed E-state index contributed by atoms with van der Waals surface area (Å²) >= 11 is 0. The van der Waals surface area contributed by atoms with Crippen molar-refractivity contribution >= 4 is 16.6 Å². The van der Waals surface area contributed by atoms with Crippen LogP contribution in [0.1, 0.15) is 12.8 Å². The van der Waals surface area contributed by atoms with Gasteiger partial charge in [0.05, 0.1) is 38.8 Å². The first-order valence-corrected chi connectivity index (χ1v) is 7.39. The van der Waals surface area contributed by atoms with E-state index in [0.717, 1.165) is 11.0 Å². The van der Waals surface area contributed by atoms with E-state index in [1.807, 2.05) is 0 Å². The van der Waals surface area contributed by atoms with E-state index < -0.39 is 0 Å². The van der Waals surface area contributed by atoms with Crippen LogP contribution in [0.3, 0.4) is 0 Å². The van der Waals surface area contributed by atoms with Gasteiger partial charge in [0.15, 0.2) is 6.20 Å². The molecule has 2 aromatic rings. The number of nitrogens with zero attached hydrogens (tertiary/aromatic N) is 2. The number of unbranched alkanes of at least 4 members (excludes halogenated alkanes) is 1. The number of hydrogen-bond acceptors (Lipinski definition) is 1. The van der Waals surface area contributed by atoms with Crippen molar-refractivity contribution in [2.75, 3.05) is 39.5 Å². The van der Waals surface area contributed by atoms with Crippen LogP contribution in [0.5, 0.6) is 0 Å². The number of anilines is 1. The summed E-state index contributed by atoms with van der Waals surface area (Å²) in [6.45, 7) is 2.27. The molecule has 0 unspecified atom stereocenters. The average Bonchev–Trinajstić information content (AvgIpc) is 2.40. The fourth-order valence-electron chi connectivity index (χ4n) is 2.45. The summed E-state index contributed by atoms with van der Waals surface area (Å²) in [5.74, 6) is 0. The summed E-state index contributed by atoms with van der Waals surface area (Å²) in [4.78, 5) is 0. The number of nitrogens with one attached hydrogen (secondary N) is 1. The molecule has 1 aromatic carbocycles. The van der Waals surface area contributed by atoms with Crippen LogP contribution >= 0.6 is 0 Å². The van der Waals surface area contributed by atoms with Crippen LogP contribution in [0.25, 0.3) is 10.9 Å². The number of benzene rings is 1. The summed E-state index contributed by atoms with van der Waals surface area (Å²) in [7, 11) is 8.84. The number of hydrogen-bond donors (Lipinski definition) is 1. The van der Waals surface area contributed by atoms with Gasteiger partial charge in [0.2, 0.25) is 5.52 Å². The summed E-state index contributed by atoms with van der Waals surface area (Å²) in [6.07, 6.45) is 4.59. The summed E-state index contributed by atoms with van der Waals surface area (Å²) in [5.41, 5.74) is 2.51. The van der Waals surface area contributed by atoms with Gasteiger partial charge in [-0.05, 0) is 18.9 Å². The van der Waals surface area contributed by atoms with E-state index in [1.165, 1.54) is 36.0 Å². The third-order valence-electron chi connectivity index (χ3n) is 3.61. The smallest absolute Gasteiger partial charge is 0.214 e. The van der Waals surface area contributed by atoms with Crippen LogP contribution in [-0.4, -0.2) is 38.7 Å². The van der Waals surface area contributed by atoms with E-state index in [4.69, 9.17) is 0 Å². The number of quaternary nitrogens is 1. The highest BCUT2D eigenvalue weighted by atomic mass is 79.9. The zero-order chi connectivity index (χ0) is 14.6. The van der Waals surface area contributed by atoms with Gasteiger partial charge >= 0.3 is 0 Å². The van der Waals surface area contributed by atoms with Crippen LogP contribution in [-0.2, 0) is 7.05 Å². The first-order chi connectivity index (χ1) is 9.47. The highest BCUT2D eigenvalue weighted by Crippen LogP contribution is 2.19. The molecule has 0 bridgehead atoms. The van der Waals surface area contributed by atoms with Crippen molar-refractivity contribution in [1.82, 2.24) is 0 Å². The summed E-state index contributed by atoms with van der Waals surface area (Å²) in [6, 6.07) is 10.7. The van der Waals surface area contributed by atoms with Crippen molar-refractivity contribution in [1.29, 1.82) is 0 Å². The molecule has 0 saturated carbocycles. The number of rotatable bonds is 6. The fraction of sp³-hybridized carbons (Fsp3) is 0.471. The molecule has 124 valence electrons. The molecular formula is C17H27Br2N3. The van der Waals surface area contributed by atoms with Crippen molar-refractivity contribution in [3.05, 3.63) is 36.5 Å². The molecule has 1 N–H and O–H groups in total. The van der Waals surface area contributed by atoms with Crippen molar-refractivity contribution in [3.8, 4) is 0 Å². The van der Waals surface area contributed by atoms with Crippen molar-refractivity contribution < 1.29 is 43.0 Å². The van der Waals surface area contributed by atoms with E-state index >= 15 is 0 Å². The van der Waals surface area contributed by atoms with Gasteiger partial charge < -0.3 is 43.8 Å². The van der Waals surface area contributed by atoms with Gasteiger partial charge in [-0.1, -0.05) is 12.1 Å². The molecule has 0 atom stereocenters. The van der Waals surface area contributed by atoms with Crippen molar-refractivity contribution in [3.63, 3.8) is 0 Å². The maximum atomic E-state index is 3.58. The lowest BCUT2D eigenvalue weighted by atomic mass is 10.1. The predicted octanol–water partition coefficient (Wildman–Crippen LogP) is -3.43. The predicted molar refractivity (Wildman–Crippen MR) is 85.7 cm³/mol. The Morgan fingerprint density at radius 3 is 2.36 bits per heavy atom. The minimum Gasteiger partial charge on any atom is -1.00 e. The molecule has 0 aliphatic rings. The topological polar surface area (TPSA) is 15.9 Å². The Hall–Kier alpha value is -0.650. The highest BCUT2D eigenvalue weighted by molar-refractivity contribution is 5.88. The summed E-state index contributed by atoms with van der Waals surface area (Å²) < 4.78 is 3.21. The van der Waals surface area contributed by atoms with Gasteiger partial charge in [0.1, 0.15) is 7.05 Å². The molecule has 0 spiro atoms. The lowest BCUT2D eigenvalue weighted by molar-refractivity contribution is -0.870. The first-order valence-electron chi connectivity index (χ1n) is 7.39. The Morgan fingerprint density at radius 1 is 1.00 bits per heavy atom. The maximum absolute atomic E-state index is 3.58. The lowest BCUT2D eigenvalue weighted by Gasteiger charge is -2.23. The summed E-state index contributed by atoms with van der Waals surface area (Å²) in [5, 5.41) is 4.88. The molecule has 0 aliphatic heterocycles. The third kappa shape index (κ3) is 6.23. The molecule has 3 nitrogen and oxygen atoms in total. The second kappa shape index (κ2) is 9.48. The highest BCUT2D eigenvalue weighted by Gasteiger charge is 2.09. The zero-order valence-electron chi connectivity index (χ0n) is 13.9. The second-order valence-corrected chi connectivity index (χ2v) is 6.51. The number of aromatic nitrogens is 1. The molecule has 5 heteroatoms. The minimum absolute atomic E-state index is 0. The van der Waals surface area contributed by atoms with E-state index in [2.05, 4.69) is 74.6 Å². The molecule has 1 heterocycles. The molecule has 0 saturated heterocycles. The standard InChI is InChI=1S/C17H26N3.2BrH/c1-19-13-11-16(15-9-5-6-10-17(15)19)18-12-7-8-14-20(2,3)4;;/h5-6,9-11,13H,7-8,12,14H2,1-4H3;2*1H/q+1;;/p-1. The number of fused-ring (bicyclic) bond motifs is 1. The monoisotopic (exact) mass is 431 g/mol. The Labute approximate surface area is 155 Å². The van der Waals surface area contributed by atoms with Gasteiger partial charge in [-0.3, -0.25) is 0 Å². The molecule has 0 aliphatic carbocycles. The maximum Gasteiger partial charge on any atom is 0.214 e. The van der Waals surface area contributed by atoms with Crippen LogP contribution in [0.2, 0.25) is 0 Å². The Kier molecular flexibility index (Phi) is 9.20. The number of halogens is 2. The van der Waals surface area contributed by atoms with Gasteiger partial charge in [-0.15, -0.1) is 0 Å². The number of aryl methyl sites for hydroxylation is 1. The van der Waals surface area contributed by atoms with Crippen LogP contribution in [0.15, 0.2) is 36.5 Å². The molecule has 0 fully saturated rings. The fourth-order valence-corrected chi connectivity index (χ4v) is 2.45. The largest absolute Gasteiger partial charge is 1.00 e. The van der Waals surface area contributed by atoms with E-state index in [-0.39, 0.29) is 34.0 Å². The molecular weight excluding hydrogens is 406 g/mol. The van der Waals surface area contributed by atoms with E-state index in [9.17, 15) is 0 Å². The molecule has 22 heavy (non-hydrogen) atoms. The zero-order valence-corrected chi connectivity index (χ0v) is 17.1. The van der Waals surface area contributed by atoms with Gasteiger partial charge in [0, 0.05) is 18.7 Å². The molecule has 2 rings (SSSR count). The van der Waals surface area contributed by atoms with Gasteiger partial charge in [-0.2, -0.15) is 0 Å². The average molecular weight is 433 g/mol. The molecule has 0 radical (unpaired) electrons. The Balaban J connectivity index is 0.00000220. The Morgan fingerprint density at radius 2 is 1.68 bits per heavy atom. The van der Waals surface area contributed by atoms with E-state index in [0.29, 0.717) is 0 Å². The molecule has 1 aromatic heterocycles. The SMILES string of the molecule is C[n+]1ccc(NCCCC[N+](C)(C)C)c2ccccc21.[Br-].[Br-]. The van der Waals surface area contributed by atoms with Gasteiger partial charge in [0.25, 0.3) is 0 Å². The van der Waals surface area contributed by atoms with Crippen LogP contribution in [0.4, 0.5) is 5.69 Å². The number of pyridine rings is 1. The van der Waals surface area contributed by atoms with E-state index in [1.54, 1.807) is 0 Å². The lowest BCUT2D eigenvalue weighted by Crippen LogP contribution is -3.00. The van der Waals surface area contributed by atoms with Crippen molar-refractivity contribution in [2.45, 2.75) is 12.8 Å². The first kappa shape index (κ1) is 21.4. The molecule has 0 amide bonds. The third-order valence-corrected chi connectivity index (χ3v) is 3.61. The van der Waals surface area contributed by atoms with Crippen molar-refractivity contribution in [2.24, 2.45) is 7.05 Å². The minimum atomic E-state index is 0. The quantitative estimate of drug-likeness (QED) is 0.285. The van der Waals surface area contributed by atoms with Gasteiger partial charge in [-0.25, -0.2) is 4.57 Å². The number of para-hydroxylation sites is 1. The van der Waals surface area contributed by atoms with Crippen LogP contribution in [0, 0.1) is 0 Å².